The Bertz CT molecular complexity index is 628. The highest BCUT2D eigenvalue weighted by molar-refractivity contribution is 5.87. The van der Waals surface area contributed by atoms with Crippen molar-refractivity contribution >= 4 is 5.78 Å². The second-order valence-electron chi connectivity index (χ2n) is 11.4. The second-order valence-corrected chi connectivity index (χ2v) is 11.4. The molecule has 1 aliphatic heterocycles. The van der Waals surface area contributed by atoms with Crippen LogP contribution in [0.2, 0.25) is 0 Å². The number of ketones is 1. The average molecular weight is 403 g/mol. The van der Waals surface area contributed by atoms with Crippen molar-refractivity contribution in [2.75, 3.05) is 13.2 Å². The Labute approximate surface area is 177 Å². The van der Waals surface area contributed by atoms with Gasteiger partial charge in [0.1, 0.15) is 5.78 Å². The van der Waals surface area contributed by atoms with E-state index in [1.54, 1.807) is 0 Å². The van der Waals surface area contributed by atoms with E-state index in [2.05, 4.69) is 20.8 Å². The molecule has 5 aliphatic rings. The molecule has 164 valence electrons. The Kier molecular flexibility index (Phi) is 5.18. The number of carbonyl (C=O) groups excluding carboxylic acids is 1. The summed E-state index contributed by atoms with van der Waals surface area (Å²) >= 11 is 0. The van der Waals surface area contributed by atoms with Gasteiger partial charge in [0.05, 0.1) is 13.2 Å². The van der Waals surface area contributed by atoms with Gasteiger partial charge in [-0.15, -0.1) is 0 Å². The molecule has 3 nitrogen and oxygen atoms in total. The van der Waals surface area contributed by atoms with Gasteiger partial charge in [-0.1, -0.05) is 20.8 Å². The summed E-state index contributed by atoms with van der Waals surface area (Å²) in [6, 6.07) is 0. The molecule has 3 heteroatoms. The van der Waals surface area contributed by atoms with E-state index >= 15 is 0 Å². The smallest absolute Gasteiger partial charge is 0.168 e. The van der Waals surface area contributed by atoms with Crippen LogP contribution in [0.1, 0.15) is 97.8 Å². The summed E-state index contributed by atoms with van der Waals surface area (Å²) in [5, 5.41) is 0. The lowest BCUT2D eigenvalue weighted by Gasteiger charge is -2.58. The van der Waals surface area contributed by atoms with Gasteiger partial charge in [-0.3, -0.25) is 4.79 Å². The maximum absolute atomic E-state index is 12.8. The van der Waals surface area contributed by atoms with Crippen molar-refractivity contribution in [3.05, 3.63) is 0 Å². The lowest BCUT2D eigenvalue weighted by molar-refractivity contribution is -0.328. The molecule has 0 radical (unpaired) electrons. The van der Waals surface area contributed by atoms with Crippen molar-refractivity contribution in [3.63, 3.8) is 0 Å². The van der Waals surface area contributed by atoms with Crippen LogP contribution in [0, 0.1) is 40.4 Å². The molecular weight excluding hydrogens is 360 g/mol. The minimum Gasteiger partial charge on any atom is -0.349 e. The maximum atomic E-state index is 12.8. The number of rotatable bonds is 3. The van der Waals surface area contributed by atoms with Gasteiger partial charge in [0.15, 0.2) is 5.79 Å². The minimum absolute atomic E-state index is 0.0587. The number of hydrogen-bond acceptors (Lipinski definition) is 3. The molecule has 0 aromatic carbocycles. The molecule has 4 saturated carbocycles. The first-order valence-electron chi connectivity index (χ1n) is 12.8. The number of carbonyl (C=O) groups is 1. The van der Waals surface area contributed by atoms with E-state index in [1.807, 2.05) is 0 Å². The normalized spacial score (nSPS) is 45.5. The Hall–Kier alpha value is -0.410. The third-order valence-electron chi connectivity index (χ3n) is 10.8. The van der Waals surface area contributed by atoms with Gasteiger partial charge < -0.3 is 9.47 Å². The molecule has 0 N–H and O–H groups in total. The first-order valence-corrected chi connectivity index (χ1v) is 12.8. The molecule has 5 rings (SSSR count). The van der Waals surface area contributed by atoms with Gasteiger partial charge in [-0.2, -0.15) is 0 Å². The largest absolute Gasteiger partial charge is 0.349 e. The standard InChI is InChI=1S/C26H42O3/c1-4-24(5-2)16-28-26(29-17-24)14-12-19-18(15-26)7-8-21-20(19)11-13-25(6-3)22(21)9-10-23(25)27/h18-22H,4-17H2,1-3H3/t18-,19+,20-,21-,22+,25-/m1/s1. The highest BCUT2D eigenvalue weighted by Gasteiger charge is 2.59. The van der Waals surface area contributed by atoms with Gasteiger partial charge in [-0.05, 0) is 87.4 Å². The van der Waals surface area contributed by atoms with E-state index in [9.17, 15) is 4.79 Å². The third kappa shape index (κ3) is 3.00. The molecule has 5 fully saturated rings. The molecule has 0 aromatic heterocycles. The van der Waals surface area contributed by atoms with Gasteiger partial charge in [0, 0.05) is 30.1 Å². The van der Waals surface area contributed by atoms with Crippen LogP contribution in [0.3, 0.4) is 0 Å². The second kappa shape index (κ2) is 7.33. The molecule has 29 heavy (non-hydrogen) atoms. The fourth-order valence-corrected chi connectivity index (χ4v) is 8.62. The quantitative estimate of drug-likeness (QED) is 0.568. The number of fused-ring (bicyclic) bond motifs is 5. The summed E-state index contributed by atoms with van der Waals surface area (Å²) in [4.78, 5) is 12.8. The summed E-state index contributed by atoms with van der Waals surface area (Å²) in [7, 11) is 0. The zero-order valence-corrected chi connectivity index (χ0v) is 19.0. The van der Waals surface area contributed by atoms with Gasteiger partial charge in [0.2, 0.25) is 0 Å². The molecule has 4 aliphatic carbocycles. The third-order valence-corrected chi connectivity index (χ3v) is 10.8. The van der Waals surface area contributed by atoms with Crippen molar-refractivity contribution in [1.29, 1.82) is 0 Å². The fraction of sp³-hybridized carbons (Fsp3) is 0.962. The molecule has 6 atom stereocenters. The van der Waals surface area contributed by atoms with Gasteiger partial charge in [-0.25, -0.2) is 0 Å². The minimum atomic E-state index is -0.285. The van der Waals surface area contributed by atoms with Crippen molar-refractivity contribution in [1.82, 2.24) is 0 Å². The average Bonchev–Trinajstić information content (AvgIpc) is 3.11. The zero-order chi connectivity index (χ0) is 20.3. The predicted molar refractivity (Wildman–Crippen MR) is 114 cm³/mol. The van der Waals surface area contributed by atoms with Crippen LogP contribution in [0.4, 0.5) is 0 Å². The van der Waals surface area contributed by atoms with Crippen LogP contribution >= 0.6 is 0 Å². The van der Waals surface area contributed by atoms with Crippen LogP contribution in [-0.2, 0) is 14.3 Å². The Balaban J connectivity index is 1.28. The zero-order valence-electron chi connectivity index (χ0n) is 19.0. The van der Waals surface area contributed by atoms with Crippen LogP contribution < -0.4 is 0 Å². The number of Topliss-reactive ketones (excluding diaryl/α,β-unsaturated/α-hetero) is 1. The van der Waals surface area contributed by atoms with Crippen LogP contribution in [-0.4, -0.2) is 24.8 Å². The van der Waals surface area contributed by atoms with E-state index in [0.29, 0.717) is 11.7 Å². The first kappa shape index (κ1) is 20.5. The molecule has 1 saturated heterocycles. The molecule has 1 heterocycles. The lowest BCUT2D eigenvalue weighted by Crippen LogP contribution is -2.56. The van der Waals surface area contributed by atoms with E-state index < -0.39 is 0 Å². The molecule has 0 aromatic rings. The number of hydrogen-bond donors (Lipinski definition) is 0. The summed E-state index contributed by atoms with van der Waals surface area (Å²) in [5.41, 5.74) is 0.296. The van der Waals surface area contributed by atoms with Crippen molar-refractivity contribution < 1.29 is 14.3 Å². The maximum Gasteiger partial charge on any atom is 0.168 e. The van der Waals surface area contributed by atoms with E-state index in [0.717, 1.165) is 75.4 Å². The first-order chi connectivity index (χ1) is 14.0. The van der Waals surface area contributed by atoms with E-state index in [-0.39, 0.29) is 16.6 Å². The highest BCUT2D eigenvalue weighted by atomic mass is 16.7. The van der Waals surface area contributed by atoms with E-state index in [1.165, 1.54) is 38.5 Å². The van der Waals surface area contributed by atoms with E-state index in [4.69, 9.17) is 9.47 Å². The number of ether oxygens (including phenoxy) is 2. The Morgan fingerprint density at radius 3 is 2.24 bits per heavy atom. The summed E-state index contributed by atoms with van der Waals surface area (Å²) < 4.78 is 13.1. The van der Waals surface area contributed by atoms with Gasteiger partial charge in [0.25, 0.3) is 0 Å². The Morgan fingerprint density at radius 1 is 0.828 bits per heavy atom. The SMILES string of the molecule is CCC1(CC)COC2(CC[C@H]3[C@H](CC[C@@H]4[C@@H]3CC[C@@]3(CC)C(=O)CC[C@@H]43)C2)OC1. The van der Waals surface area contributed by atoms with Crippen LogP contribution in [0.25, 0.3) is 0 Å². The summed E-state index contributed by atoms with van der Waals surface area (Å²) in [6.07, 6.45) is 14.0. The molecule has 1 spiro atoms. The van der Waals surface area contributed by atoms with Crippen molar-refractivity contribution in [3.8, 4) is 0 Å². The lowest BCUT2D eigenvalue weighted by atomic mass is 9.49. The molecule has 0 unspecified atom stereocenters. The van der Waals surface area contributed by atoms with Crippen molar-refractivity contribution in [2.45, 2.75) is 104 Å². The van der Waals surface area contributed by atoms with Crippen molar-refractivity contribution in [2.24, 2.45) is 40.4 Å². The highest BCUT2D eigenvalue weighted by Crippen LogP contribution is 2.63. The monoisotopic (exact) mass is 402 g/mol. The molecule has 0 amide bonds. The van der Waals surface area contributed by atoms with Crippen LogP contribution in [0.5, 0.6) is 0 Å². The molecule has 0 bridgehead atoms. The predicted octanol–water partition coefficient (Wildman–Crippen LogP) is 6.15. The Morgan fingerprint density at radius 2 is 1.55 bits per heavy atom. The summed E-state index contributed by atoms with van der Waals surface area (Å²) in [5.74, 6) is 4.29. The molecular formula is C26H42O3. The van der Waals surface area contributed by atoms with Gasteiger partial charge >= 0.3 is 0 Å². The fourth-order valence-electron chi connectivity index (χ4n) is 8.62. The summed E-state index contributed by atoms with van der Waals surface area (Å²) in [6.45, 7) is 8.59. The van der Waals surface area contributed by atoms with Crippen LogP contribution in [0.15, 0.2) is 0 Å². The topological polar surface area (TPSA) is 35.5 Å².